The topological polar surface area (TPSA) is 90.1 Å². The molecule has 0 unspecified atom stereocenters. The van der Waals surface area contributed by atoms with E-state index in [1.807, 2.05) is 35.0 Å². The Balaban J connectivity index is 1.57. The second-order valence-corrected chi connectivity index (χ2v) is 6.92. The van der Waals surface area contributed by atoms with Crippen molar-refractivity contribution in [3.8, 4) is 0 Å². The Morgan fingerprint density at radius 3 is 2.67 bits per heavy atom. The summed E-state index contributed by atoms with van der Waals surface area (Å²) < 4.78 is 1.92. The monoisotopic (exact) mass is 402 g/mol. The summed E-state index contributed by atoms with van der Waals surface area (Å²) in [4.78, 5) is 26.6. The van der Waals surface area contributed by atoms with Crippen molar-refractivity contribution >= 4 is 40.6 Å². The highest BCUT2D eigenvalue weighted by atomic mass is 35.5. The van der Waals surface area contributed by atoms with Crippen LogP contribution in [0, 0.1) is 10.1 Å². The van der Waals surface area contributed by atoms with Crippen molar-refractivity contribution in [1.82, 2.24) is 9.55 Å². The van der Waals surface area contributed by atoms with Gasteiger partial charge in [-0.2, -0.15) is 0 Å². The average Bonchev–Trinajstić information content (AvgIpc) is 3.09. The Morgan fingerprint density at radius 2 is 1.96 bits per heavy atom. The fraction of sp³-hybridized carbons (Fsp3) is 0.111. The van der Waals surface area contributed by atoms with Gasteiger partial charge in [-0.15, -0.1) is 0 Å². The van der Waals surface area contributed by atoms with Crippen LogP contribution in [0.3, 0.4) is 0 Å². The van der Waals surface area contributed by atoms with Crippen LogP contribution < -0.4 is 5.32 Å². The van der Waals surface area contributed by atoms with Gasteiger partial charge in [0.25, 0.3) is 5.69 Å². The molecule has 0 fully saturated rings. The van der Waals surface area contributed by atoms with Crippen molar-refractivity contribution in [2.75, 3.05) is 11.1 Å². The van der Waals surface area contributed by atoms with E-state index >= 15 is 0 Å². The number of halogens is 1. The number of nitrogens with zero attached hydrogens (tertiary/aromatic N) is 3. The van der Waals surface area contributed by atoms with Gasteiger partial charge < -0.3 is 9.88 Å². The lowest BCUT2D eigenvalue weighted by Crippen LogP contribution is -2.14. The van der Waals surface area contributed by atoms with Crippen LogP contribution in [0.4, 0.5) is 11.4 Å². The van der Waals surface area contributed by atoms with E-state index in [2.05, 4.69) is 10.3 Å². The molecule has 7 nitrogen and oxygen atoms in total. The first-order chi connectivity index (χ1) is 13.0. The molecule has 3 aromatic rings. The van der Waals surface area contributed by atoms with Gasteiger partial charge in [0.1, 0.15) is 0 Å². The number of aromatic nitrogens is 2. The molecule has 0 spiro atoms. The number of nitrogens with one attached hydrogen (secondary N) is 1. The Bertz CT molecular complexity index is 959. The second kappa shape index (κ2) is 8.70. The number of nitro benzene ring substituents is 1. The molecule has 1 N–H and O–H groups in total. The summed E-state index contributed by atoms with van der Waals surface area (Å²) in [5.74, 6) is -0.0579. The van der Waals surface area contributed by atoms with Crippen LogP contribution in [0.5, 0.6) is 0 Å². The number of non-ortho nitro benzene ring substituents is 1. The van der Waals surface area contributed by atoms with Crippen molar-refractivity contribution in [2.45, 2.75) is 11.7 Å². The molecule has 27 heavy (non-hydrogen) atoms. The third-order valence-corrected chi connectivity index (χ3v) is 5.04. The van der Waals surface area contributed by atoms with E-state index < -0.39 is 4.92 Å². The number of imidazole rings is 1. The summed E-state index contributed by atoms with van der Waals surface area (Å²) in [6, 6.07) is 13.3. The second-order valence-electron chi connectivity index (χ2n) is 5.57. The summed E-state index contributed by atoms with van der Waals surface area (Å²) >= 11 is 7.50. The van der Waals surface area contributed by atoms with Gasteiger partial charge in [0, 0.05) is 35.2 Å². The average molecular weight is 403 g/mol. The summed E-state index contributed by atoms with van der Waals surface area (Å²) in [5.41, 5.74) is 1.45. The minimum atomic E-state index is -0.486. The molecular weight excluding hydrogens is 388 g/mol. The van der Waals surface area contributed by atoms with Gasteiger partial charge in [0.05, 0.1) is 17.2 Å². The lowest BCUT2D eigenvalue weighted by molar-refractivity contribution is -0.384. The van der Waals surface area contributed by atoms with Gasteiger partial charge in [0.2, 0.25) is 5.91 Å². The van der Waals surface area contributed by atoms with Crippen LogP contribution in [0.2, 0.25) is 5.02 Å². The third kappa shape index (κ3) is 5.08. The third-order valence-electron chi connectivity index (χ3n) is 3.67. The van der Waals surface area contributed by atoms with Gasteiger partial charge in [0.15, 0.2) is 5.16 Å². The summed E-state index contributed by atoms with van der Waals surface area (Å²) in [5, 5.41) is 14.7. The maximum Gasteiger partial charge on any atom is 0.269 e. The van der Waals surface area contributed by atoms with Crippen molar-refractivity contribution < 1.29 is 9.72 Å². The predicted octanol–water partition coefficient (Wildman–Crippen LogP) is 4.22. The fourth-order valence-electron chi connectivity index (χ4n) is 2.36. The van der Waals surface area contributed by atoms with E-state index in [1.54, 1.807) is 6.20 Å². The molecule has 3 rings (SSSR count). The SMILES string of the molecule is O=C(CSc1nccn1Cc1ccccc1Cl)Nc1ccc([N+](=O)[O-])cc1. The molecule has 0 bridgehead atoms. The molecular formula is C18H15ClN4O3S. The highest BCUT2D eigenvalue weighted by Crippen LogP contribution is 2.21. The highest BCUT2D eigenvalue weighted by molar-refractivity contribution is 7.99. The molecule has 0 saturated carbocycles. The van der Waals surface area contributed by atoms with E-state index in [0.717, 1.165) is 5.56 Å². The van der Waals surface area contributed by atoms with Crippen molar-refractivity contribution in [3.05, 3.63) is 81.6 Å². The maximum absolute atomic E-state index is 12.1. The van der Waals surface area contributed by atoms with Crippen LogP contribution in [0.15, 0.2) is 66.1 Å². The Labute approximate surface area is 164 Å². The number of rotatable bonds is 7. The van der Waals surface area contributed by atoms with Crippen LogP contribution >= 0.6 is 23.4 Å². The van der Waals surface area contributed by atoms with Crippen LogP contribution in [0.1, 0.15) is 5.56 Å². The molecule has 1 heterocycles. The van der Waals surface area contributed by atoms with Crippen molar-refractivity contribution in [2.24, 2.45) is 0 Å². The summed E-state index contributed by atoms with van der Waals surface area (Å²) in [6.45, 7) is 0.561. The van der Waals surface area contributed by atoms with Gasteiger partial charge >= 0.3 is 0 Å². The molecule has 0 aliphatic carbocycles. The highest BCUT2D eigenvalue weighted by Gasteiger charge is 2.10. The largest absolute Gasteiger partial charge is 0.325 e. The van der Waals surface area contributed by atoms with Crippen molar-refractivity contribution in [1.29, 1.82) is 0 Å². The van der Waals surface area contributed by atoms with Gasteiger partial charge in [-0.05, 0) is 23.8 Å². The number of hydrogen-bond donors (Lipinski definition) is 1. The molecule has 0 atom stereocenters. The first kappa shape index (κ1) is 18.9. The Morgan fingerprint density at radius 1 is 1.22 bits per heavy atom. The molecule has 138 valence electrons. The summed E-state index contributed by atoms with van der Waals surface area (Å²) in [6.07, 6.45) is 3.51. The zero-order chi connectivity index (χ0) is 19.2. The predicted molar refractivity (Wildman–Crippen MR) is 105 cm³/mol. The van der Waals surface area contributed by atoms with Gasteiger partial charge in [-0.25, -0.2) is 4.98 Å². The number of carbonyl (C=O) groups excluding carboxylic acids is 1. The molecule has 1 amide bonds. The van der Waals surface area contributed by atoms with Crippen molar-refractivity contribution in [3.63, 3.8) is 0 Å². The zero-order valence-corrected chi connectivity index (χ0v) is 15.6. The van der Waals surface area contributed by atoms with E-state index in [0.29, 0.717) is 22.4 Å². The maximum atomic E-state index is 12.1. The molecule has 0 aliphatic rings. The van der Waals surface area contributed by atoms with E-state index in [-0.39, 0.29) is 17.3 Å². The minimum Gasteiger partial charge on any atom is -0.325 e. The number of nitro groups is 1. The van der Waals surface area contributed by atoms with Gasteiger partial charge in [-0.1, -0.05) is 41.6 Å². The lowest BCUT2D eigenvalue weighted by atomic mass is 10.2. The smallest absolute Gasteiger partial charge is 0.269 e. The molecule has 2 aromatic carbocycles. The number of benzene rings is 2. The molecule has 1 aromatic heterocycles. The standard InChI is InChI=1S/C18H15ClN4O3S/c19-16-4-2-1-3-13(16)11-22-10-9-20-18(22)27-12-17(24)21-14-5-7-15(8-6-14)23(25)26/h1-10H,11-12H2,(H,21,24). The van der Waals surface area contributed by atoms with Crippen LogP contribution in [-0.2, 0) is 11.3 Å². The Kier molecular flexibility index (Phi) is 6.10. The molecule has 0 aliphatic heterocycles. The number of amides is 1. The van der Waals surface area contributed by atoms with Crippen LogP contribution in [0.25, 0.3) is 0 Å². The summed E-state index contributed by atoms with van der Waals surface area (Å²) in [7, 11) is 0. The fourth-order valence-corrected chi connectivity index (χ4v) is 3.31. The molecule has 0 radical (unpaired) electrons. The number of anilines is 1. The number of carbonyl (C=O) groups is 1. The quantitative estimate of drug-likeness (QED) is 0.363. The number of thioether (sulfide) groups is 1. The lowest BCUT2D eigenvalue weighted by Gasteiger charge is -2.09. The van der Waals surface area contributed by atoms with E-state index in [4.69, 9.17) is 11.6 Å². The molecule has 9 heteroatoms. The van der Waals surface area contributed by atoms with E-state index in [1.165, 1.54) is 36.0 Å². The van der Waals surface area contributed by atoms with Gasteiger partial charge in [-0.3, -0.25) is 14.9 Å². The first-order valence-electron chi connectivity index (χ1n) is 7.94. The first-order valence-corrected chi connectivity index (χ1v) is 9.31. The zero-order valence-electron chi connectivity index (χ0n) is 14.0. The number of hydrogen-bond acceptors (Lipinski definition) is 5. The minimum absolute atomic E-state index is 0.0241. The van der Waals surface area contributed by atoms with Crippen LogP contribution in [-0.4, -0.2) is 26.1 Å². The molecule has 0 saturated heterocycles. The normalized spacial score (nSPS) is 10.6. The Hall–Kier alpha value is -2.84. The van der Waals surface area contributed by atoms with E-state index in [9.17, 15) is 14.9 Å².